The molecule has 0 fully saturated rings. The van der Waals surface area contributed by atoms with Crippen molar-refractivity contribution in [3.05, 3.63) is 59.3 Å². The van der Waals surface area contributed by atoms with Crippen LogP contribution in [0.4, 0.5) is 5.69 Å². The summed E-state index contributed by atoms with van der Waals surface area (Å²) in [5, 5.41) is 9.57. The second-order valence-electron chi connectivity index (χ2n) is 6.37. The van der Waals surface area contributed by atoms with E-state index in [-0.39, 0.29) is 5.91 Å². The molecule has 0 aliphatic carbocycles. The Kier molecular flexibility index (Phi) is 6.23. The van der Waals surface area contributed by atoms with Crippen LogP contribution in [0.5, 0.6) is 17.2 Å². The summed E-state index contributed by atoms with van der Waals surface area (Å²) in [6.07, 6.45) is 0. The second-order valence-corrected chi connectivity index (χ2v) is 6.78. The number of benzene rings is 2. The molecule has 2 aromatic rings. The van der Waals surface area contributed by atoms with Gasteiger partial charge in [-0.25, -0.2) is 0 Å². The molecular weight excluding hydrogens is 390 g/mol. The lowest BCUT2D eigenvalue weighted by molar-refractivity contribution is -0.113. The molecule has 29 heavy (non-hydrogen) atoms. The van der Waals surface area contributed by atoms with E-state index in [0.717, 1.165) is 5.56 Å². The summed E-state index contributed by atoms with van der Waals surface area (Å²) in [5.41, 5.74) is 2.54. The number of carbonyl (C=O) groups is 1. The standard InChI is InChI=1S/C21H23N3O4S/c1-12-18(20(25)23-16-11-15(27-3)8-9-17(16)28-4)19(24-21(29)22-12)13-6-5-7-14(10-13)26-2/h5-11,19H,1-4H3,(H,23,25)(H2,22,24,29)/t19-/m0/s1. The van der Waals surface area contributed by atoms with E-state index in [2.05, 4.69) is 16.0 Å². The number of ether oxygens (including phenoxy) is 3. The van der Waals surface area contributed by atoms with E-state index in [1.165, 1.54) is 0 Å². The van der Waals surface area contributed by atoms with Crippen LogP contribution in [0, 0.1) is 0 Å². The first kappa shape index (κ1) is 20.5. The molecule has 0 bridgehead atoms. The highest BCUT2D eigenvalue weighted by Gasteiger charge is 2.30. The van der Waals surface area contributed by atoms with E-state index in [1.54, 1.807) is 39.5 Å². The van der Waals surface area contributed by atoms with Crippen molar-refractivity contribution < 1.29 is 19.0 Å². The quantitative estimate of drug-likeness (QED) is 0.628. The molecule has 0 saturated heterocycles. The van der Waals surface area contributed by atoms with Gasteiger partial charge in [0, 0.05) is 11.8 Å². The lowest BCUT2D eigenvalue weighted by Gasteiger charge is -2.30. The van der Waals surface area contributed by atoms with E-state index in [4.69, 9.17) is 26.4 Å². The number of anilines is 1. The van der Waals surface area contributed by atoms with Gasteiger partial charge >= 0.3 is 0 Å². The third kappa shape index (κ3) is 4.43. The summed E-state index contributed by atoms with van der Waals surface area (Å²) in [6.45, 7) is 1.82. The van der Waals surface area contributed by atoms with Crippen LogP contribution in [-0.2, 0) is 4.79 Å². The van der Waals surface area contributed by atoms with Gasteiger partial charge in [-0.05, 0) is 49.0 Å². The number of hydrogen-bond acceptors (Lipinski definition) is 5. The first-order chi connectivity index (χ1) is 14.0. The Hall–Kier alpha value is -3.26. The first-order valence-electron chi connectivity index (χ1n) is 8.92. The van der Waals surface area contributed by atoms with E-state index < -0.39 is 6.04 Å². The lowest BCUT2D eigenvalue weighted by Crippen LogP contribution is -2.45. The molecule has 0 radical (unpaired) electrons. The maximum atomic E-state index is 13.3. The highest BCUT2D eigenvalue weighted by Crippen LogP contribution is 2.33. The third-order valence-electron chi connectivity index (χ3n) is 4.60. The number of thiocarbonyl (C=S) groups is 1. The Labute approximate surface area is 175 Å². The number of amides is 1. The normalized spacial score (nSPS) is 15.9. The van der Waals surface area contributed by atoms with Gasteiger partial charge in [0.25, 0.3) is 5.91 Å². The fourth-order valence-electron chi connectivity index (χ4n) is 3.17. The van der Waals surface area contributed by atoms with Crippen LogP contribution in [0.1, 0.15) is 18.5 Å². The summed E-state index contributed by atoms with van der Waals surface area (Å²) in [4.78, 5) is 13.3. The second kappa shape index (κ2) is 8.83. The van der Waals surface area contributed by atoms with E-state index >= 15 is 0 Å². The van der Waals surface area contributed by atoms with Crippen LogP contribution in [0.3, 0.4) is 0 Å². The third-order valence-corrected chi connectivity index (χ3v) is 4.82. The minimum absolute atomic E-state index is 0.288. The molecule has 0 aromatic heterocycles. The average molecular weight is 413 g/mol. The maximum absolute atomic E-state index is 13.3. The van der Waals surface area contributed by atoms with Gasteiger partial charge in [-0.15, -0.1) is 0 Å². The SMILES string of the molecule is COc1cccc([C@@H]2NC(=S)NC(C)=C2C(=O)Nc2cc(OC)ccc2OC)c1. The highest BCUT2D eigenvalue weighted by atomic mass is 32.1. The summed E-state index contributed by atoms with van der Waals surface area (Å²) in [6, 6.07) is 12.3. The topological polar surface area (TPSA) is 80.9 Å². The fourth-order valence-corrected chi connectivity index (χ4v) is 3.44. The molecule has 7 nitrogen and oxygen atoms in total. The van der Waals surface area contributed by atoms with Gasteiger partial charge in [-0.1, -0.05) is 12.1 Å². The van der Waals surface area contributed by atoms with Crippen molar-refractivity contribution in [1.82, 2.24) is 10.6 Å². The fraction of sp³-hybridized carbons (Fsp3) is 0.238. The number of rotatable bonds is 6. The molecule has 1 heterocycles. The zero-order valence-corrected chi connectivity index (χ0v) is 17.5. The molecule has 152 valence electrons. The Morgan fingerprint density at radius 3 is 2.45 bits per heavy atom. The van der Waals surface area contributed by atoms with Crippen molar-refractivity contribution in [2.24, 2.45) is 0 Å². The Bertz CT molecular complexity index is 974. The average Bonchev–Trinajstić information content (AvgIpc) is 2.72. The van der Waals surface area contributed by atoms with Crippen LogP contribution >= 0.6 is 12.2 Å². The van der Waals surface area contributed by atoms with Crippen molar-refractivity contribution in [3.8, 4) is 17.2 Å². The van der Waals surface area contributed by atoms with Crippen molar-refractivity contribution >= 4 is 28.9 Å². The Morgan fingerprint density at radius 2 is 1.76 bits per heavy atom. The van der Waals surface area contributed by atoms with Crippen molar-refractivity contribution in [1.29, 1.82) is 0 Å². The lowest BCUT2D eigenvalue weighted by atomic mass is 9.94. The molecule has 8 heteroatoms. The summed E-state index contributed by atoms with van der Waals surface area (Å²) in [7, 11) is 4.71. The van der Waals surface area contributed by atoms with Crippen molar-refractivity contribution in [2.45, 2.75) is 13.0 Å². The van der Waals surface area contributed by atoms with E-state index in [1.807, 2.05) is 31.2 Å². The van der Waals surface area contributed by atoms with Crippen LogP contribution < -0.4 is 30.2 Å². The minimum atomic E-state index is -0.435. The Morgan fingerprint density at radius 1 is 1.03 bits per heavy atom. The summed E-state index contributed by atoms with van der Waals surface area (Å²) < 4.78 is 15.9. The Balaban J connectivity index is 1.98. The predicted molar refractivity (Wildman–Crippen MR) is 115 cm³/mol. The van der Waals surface area contributed by atoms with E-state index in [9.17, 15) is 4.79 Å². The number of nitrogens with one attached hydrogen (secondary N) is 3. The smallest absolute Gasteiger partial charge is 0.255 e. The molecular formula is C21H23N3O4S. The van der Waals surface area contributed by atoms with Gasteiger partial charge in [0.1, 0.15) is 17.2 Å². The first-order valence-corrected chi connectivity index (χ1v) is 9.33. The van der Waals surface area contributed by atoms with Crippen LogP contribution in [0.2, 0.25) is 0 Å². The summed E-state index contributed by atoms with van der Waals surface area (Å²) in [5.74, 6) is 1.55. The number of methoxy groups -OCH3 is 3. The zero-order valence-electron chi connectivity index (χ0n) is 16.7. The largest absolute Gasteiger partial charge is 0.497 e. The molecule has 3 N–H and O–H groups in total. The van der Waals surface area contributed by atoms with Crippen LogP contribution in [-0.4, -0.2) is 32.3 Å². The van der Waals surface area contributed by atoms with Gasteiger partial charge in [0.15, 0.2) is 5.11 Å². The molecule has 0 unspecified atom stereocenters. The van der Waals surface area contributed by atoms with Gasteiger partial charge in [-0.3, -0.25) is 4.79 Å². The highest BCUT2D eigenvalue weighted by molar-refractivity contribution is 7.80. The molecule has 2 aromatic carbocycles. The van der Waals surface area contributed by atoms with Gasteiger partial charge in [0.05, 0.1) is 38.6 Å². The predicted octanol–water partition coefficient (Wildman–Crippen LogP) is 3.14. The molecule has 1 aliphatic heterocycles. The molecule has 0 spiro atoms. The number of allylic oxidation sites excluding steroid dienone is 1. The molecule has 1 aliphatic rings. The van der Waals surface area contributed by atoms with Gasteiger partial charge < -0.3 is 30.2 Å². The van der Waals surface area contributed by atoms with Crippen molar-refractivity contribution in [3.63, 3.8) is 0 Å². The van der Waals surface area contributed by atoms with Gasteiger partial charge in [-0.2, -0.15) is 0 Å². The number of carbonyl (C=O) groups excluding carboxylic acids is 1. The number of hydrogen-bond donors (Lipinski definition) is 3. The monoisotopic (exact) mass is 413 g/mol. The molecule has 0 saturated carbocycles. The maximum Gasteiger partial charge on any atom is 0.255 e. The summed E-state index contributed by atoms with van der Waals surface area (Å²) >= 11 is 5.31. The van der Waals surface area contributed by atoms with Crippen LogP contribution in [0.15, 0.2) is 53.7 Å². The molecule has 1 amide bonds. The minimum Gasteiger partial charge on any atom is -0.497 e. The van der Waals surface area contributed by atoms with Crippen LogP contribution in [0.25, 0.3) is 0 Å². The zero-order chi connectivity index (χ0) is 21.0. The van der Waals surface area contributed by atoms with Crippen molar-refractivity contribution in [2.75, 3.05) is 26.6 Å². The molecule has 3 rings (SSSR count). The van der Waals surface area contributed by atoms with Gasteiger partial charge in [0.2, 0.25) is 0 Å². The molecule has 1 atom stereocenters. The van der Waals surface area contributed by atoms with E-state index in [0.29, 0.717) is 39.3 Å².